The van der Waals surface area contributed by atoms with Gasteiger partial charge < -0.3 is 15.0 Å². The zero-order chi connectivity index (χ0) is 18.1. The van der Waals surface area contributed by atoms with Gasteiger partial charge in [0.1, 0.15) is 0 Å². The molecular formula is C19H21N3O3S. The Morgan fingerprint density at radius 1 is 1.35 bits per heavy atom. The van der Waals surface area contributed by atoms with Gasteiger partial charge in [0.15, 0.2) is 5.13 Å². The Bertz CT molecular complexity index is 842. The van der Waals surface area contributed by atoms with Gasteiger partial charge >= 0.3 is 5.97 Å². The van der Waals surface area contributed by atoms with Gasteiger partial charge in [-0.25, -0.2) is 9.78 Å². The average molecular weight is 371 g/mol. The number of benzene rings is 1. The number of thiazole rings is 1. The van der Waals surface area contributed by atoms with Crippen LogP contribution in [0.1, 0.15) is 51.7 Å². The highest BCUT2D eigenvalue weighted by Gasteiger charge is 2.30. The van der Waals surface area contributed by atoms with Crippen LogP contribution in [-0.2, 0) is 16.1 Å². The molecule has 0 saturated carbocycles. The highest BCUT2D eigenvalue weighted by molar-refractivity contribution is 7.15. The van der Waals surface area contributed by atoms with Crippen LogP contribution >= 0.6 is 11.3 Å². The molecule has 1 N–H and O–H groups in total. The standard InChI is InChI=1S/C19H21N3O3S/c1-25-18(24)13-6-4-5-12(9-13)14-10-16(23)20-11-15-17(14)26-19(21-15)22-7-2-3-8-22/h4-6,9,14H,2-3,7-8,10-11H2,1H3,(H,20,23)/t14-/m0/s1. The fourth-order valence-corrected chi connectivity index (χ4v) is 4.86. The molecule has 4 rings (SSSR count). The van der Waals surface area contributed by atoms with Crippen LogP contribution in [0, 0.1) is 0 Å². The lowest BCUT2D eigenvalue weighted by atomic mass is 9.92. The second-order valence-electron chi connectivity index (χ2n) is 6.65. The molecule has 6 nitrogen and oxygen atoms in total. The third-order valence-corrected chi connectivity index (χ3v) is 6.23. The Morgan fingerprint density at radius 3 is 2.92 bits per heavy atom. The molecule has 2 aliphatic heterocycles. The van der Waals surface area contributed by atoms with E-state index in [-0.39, 0.29) is 17.8 Å². The molecule has 2 aliphatic rings. The lowest BCUT2D eigenvalue weighted by Gasteiger charge is -2.15. The largest absolute Gasteiger partial charge is 0.465 e. The van der Waals surface area contributed by atoms with E-state index < -0.39 is 0 Å². The van der Waals surface area contributed by atoms with Crippen molar-refractivity contribution in [3.05, 3.63) is 46.0 Å². The first-order valence-corrected chi connectivity index (χ1v) is 9.67. The first-order chi connectivity index (χ1) is 12.7. The van der Waals surface area contributed by atoms with E-state index >= 15 is 0 Å². The minimum Gasteiger partial charge on any atom is -0.465 e. The Balaban J connectivity index is 1.73. The number of rotatable bonds is 3. The monoisotopic (exact) mass is 371 g/mol. The van der Waals surface area contributed by atoms with Crippen molar-refractivity contribution in [3.63, 3.8) is 0 Å². The number of carbonyl (C=O) groups excluding carboxylic acids is 2. The number of aromatic nitrogens is 1. The third kappa shape index (κ3) is 3.19. The van der Waals surface area contributed by atoms with E-state index in [1.54, 1.807) is 17.4 Å². The molecule has 1 atom stereocenters. The maximum atomic E-state index is 12.2. The van der Waals surface area contributed by atoms with Gasteiger partial charge in [0.2, 0.25) is 5.91 Å². The summed E-state index contributed by atoms with van der Waals surface area (Å²) in [7, 11) is 1.37. The number of methoxy groups -OCH3 is 1. The van der Waals surface area contributed by atoms with Gasteiger partial charge in [0, 0.05) is 30.3 Å². The maximum Gasteiger partial charge on any atom is 0.337 e. The lowest BCUT2D eigenvalue weighted by Crippen LogP contribution is -2.22. The van der Waals surface area contributed by atoms with Crippen LogP contribution < -0.4 is 10.2 Å². The second-order valence-corrected chi connectivity index (χ2v) is 7.66. The average Bonchev–Trinajstić information content (AvgIpc) is 3.31. The van der Waals surface area contributed by atoms with Gasteiger partial charge in [0.05, 0.1) is 24.9 Å². The number of nitrogens with zero attached hydrogens (tertiary/aromatic N) is 2. The van der Waals surface area contributed by atoms with Gasteiger partial charge in [0.25, 0.3) is 0 Å². The summed E-state index contributed by atoms with van der Waals surface area (Å²) in [6.07, 6.45) is 2.76. The van der Waals surface area contributed by atoms with E-state index in [4.69, 9.17) is 9.72 Å². The van der Waals surface area contributed by atoms with Gasteiger partial charge in [-0.05, 0) is 30.5 Å². The van der Waals surface area contributed by atoms with Gasteiger partial charge in [-0.1, -0.05) is 12.1 Å². The second kappa shape index (κ2) is 7.07. The van der Waals surface area contributed by atoms with E-state index in [0.717, 1.165) is 34.4 Å². The molecule has 26 heavy (non-hydrogen) atoms. The molecule has 7 heteroatoms. The highest BCUT2D eigenvalue weighted by Crippen LogP contribution is 2.40. The zero-order valence-corrected chi connectivity index (χ0v) is 15.5. The molecule has 1 aromatic carbocycles. The minimum atomic E-state index is -0.368. The summed E-state index contributed by atoms with van der Waals surface area (Å²) >= 11 is 1.68. The van der Waals surface area contributed by atoms with Crippen LogP contribution in [0.3, 0.4) is 0 Å². The summed E-state index contributed by atoms with van der Waals surface area (Å²) in [6.45, 7) is 2.55. The molecule has 1 saturated heterocycles. The summed E-state index contributed by atoms with van der Waals surface area (Å²) in [6, 6.07) is 7.37. The smallest absolute Gasteiger partial charge is 0.337 e. The predicted octanol–water partition coefficient (Wildman–Crippen LogP) is 2.68. The van der Waals surface area contributed by atoms with Crippen molar-refractivity contribution in [2.24, 2.45) is 0 Å². The van der Waals surface area contributed by atoms with Crippen LogP contribution in [0.5, 0.6) is 0 Å². The van der Waals surface area contributed by atoms with E-state index in [1.165, 1.54) is 20.0 Å². The fourth-order valence-electron chi connectivity index (χ4n) is 3.60. The molecule has 2 aromatic rings. The number of hydrogen-bond donors (Lipinski definition) is 1. The van der Waals surface area contributed by atoms with Crippen molar-refractivity contribution in [1.29, 1.82) is 0 Å². The van der Waals surface area contributed by atoms with Crippen molar-refractivity contribution in [3.8, 4) is 0 Å². The number of carbonyl (C=O) groups is 2. The summed E-state index contributed by atoms with van der Waals surface area (Å²) < 4.78 is 4.83. The molecule has 0 radical (unpaired) electrons. The van der Waals surface area contributed by atoms with E-state index in [2.05, 4.69) is 10.2 Å². The number of anilines is 1. The molecule has 1 fully saturated rings. The zero-order valence-electron chi connectivity index (χ0n) is 14.7. The van der Waals surface area contributed by atoms with Crippen molar-refractivity contribution >= 4 is 28.3 Å². The van der Waals surface area contributed by atoms with Crippen LogP contribution in [0.2, 0.25) is 0 Å². The van der Waals surface area contributed by atoms with E-state index in [9.17, 15) is 9.59 Å². The molecule has 136 valence electrons. The van der Waals surface area contributed by atoms with Crippen molar-refractivity contribution in [2.45, 2.75) is 31.7 Å². The van der Waals surface area contributed by atoms with Crippen LogP contribution in [0.4, 0.5) is 5.13 Å². The Hall–Kier alpha value is -2.41. The molecule has 1 amide bonds. The minimum absolute atomic E-state index is 0.00592. The first kappa shape index (κ1) is 17.0. The fraction of sp³-hybridized carbons (Fsp3) is 0.421. The molecule has 0 aliphatic carbocycles. The summed E-state index contributed by atoms with van der Waals surface area (Å²) in [5.41, 5.74) is 2.39. The third-order valence-electron chi connectivity index (χ3n) is 4.96. The Kier molecular flexibility index (Phi) is 4.63. The quantitative estimate of drug-likeness (QED) is 0.840. The van der Waals surface area contributed by atoms with E-state index in [1.807, 2.05) is 18.2 Å². The normalized spacial score (nSPS) is 19.7. The van der Waals surface area contributed by atoms with Crippen LogP contribution in [-0.4, -0.2) is 37.1 Å². The first-order valence-electron chi connectivity index (χ1n) is 8.85. The molecule has 0 spiro atoms. The number of esters is 1. The number of nitrogens with one attached hydrogen (secondary N) is 1. The Morgan fingerprint density at radius 2 is 2.15 bits per heavy atom. The number of fused-ring (bicyclic) bond motifs is 1. The van der Waals surface area contributed by atoms with E-state index in [0.29, 0.717) is 18.5 Å². The Labute approximate surface area is 156 Å². The number of hydrogen-bond acceptors (Lipinski definition) is 6. The highest BCUT2D eigenvalue weighted by atomic mass is 32.1. The van der Waals surface area contributed by atoms with Gasteiger partial charge in [-0.3, -0.25) is 4.79 Å². The van der Waals surface area contributed by atoms with Crippen molar-refractivity contribution < 1.29 is 14.3 Å². The van der Waals surface area contributed by atoms with Gasteiger partial charge in [-0.15, -0.1) is 11.3 Å². The van der Waals surface area contributed by atoms with Gasteiger partial charge in [-0.2, -0.15) is 0 Å². The summed E-state index contributed by atoms with van der Waals surface area (Å²) in [5, 5.41) is 3.99. The molecule has 3 heterocycles. The molecule has 0 unspecified atom stereocenters. The van der Waals surface area contributed by atoms with Crippen LogP contribution in [0.15, 0.2) is 24.3 Å². The SMILES string of the molecule is COC(=O)c1cccc([C@@H]2CC(=O)NCc3nc(N4CCCC4)sc32)c1. The maximum absolute atomic E-state index is 12.2. The molecule has 1 aromatic heterocycles. The lowest BCUT2D eigenvalue weighted by molar-refractivity contribution is -0.121. The van der Waals surface area contributed by atoms with Crippen molar-refractivity contribution in [1.82, 2.24) is 10.3 Å². The summed E-state index contributed by atoms with van der Waals surface area (Å²) in [5.74, 6) is -0.454. The van der Waals surface area contributed by atoms with Crippen molar-refractivity contribution in [2.75, 3.05) is 25.1 Å². The number of ether oxygens (including phenoxy) is 1. The predicted molar refractivity (Wildman–Crippen MR) is 99.6 cm³/mol. The topological polar surface area (TPSA) is 71.5 Å². The summed E-state index contributed by atoms with van der Waals surface area (Å²) in [4.78, 5) is 32.4. The molecular weight excluding hydrogens is 350 g/mol. The van der Waals surface area contributed by atoms with Crippen LogP contribution in [0.25, 0.3) is 0 Å². The number of amides is 1. The molecule has 0 bridgehead atoms.